The zero-order valence-electron chi connectivity index (χ0n) is 15.3. The summed E-state index contributed by atoms with van der Waals surface area (Å²) in [7, 11) is 6.07. The minimum absolute atomic E-state index is 0.227. The average Bonchev–Trinajstić information content (AvgIpc) is 3.16. The summed E-state index contributed by atoms with van der Waals surface area (Å²) in [5.41, 5.74) is 0.363. The predicted octanol–water partition coefficient (Wildman–Crippen LogP) is 1.03. The van der Waals surface area contributed by atoms with Crippen LogP contribution < -0.4 is 5.32 Å². The van der Waals surface area contributed by atoms with E-state index >= 15 is 0 Å². The number of ether oxygens (including phenoxy) is 2. The molecule has 2 aliphatic heterocycles. The number of hydrogen-bond donors (Lipinski definition) is 1. The summed E-state index contributed by atoms with van der Waals surface area (Å²) in [5, 5.41) is 3.52. The molecule has 6 nitrogen and oxygen atoms in total. The van der Waals surface area contributed by atoms with Crippen molar-refractivity contribution in [2.45, 2.75) is 32.3 Å². The lowest BCUT2D eigenvalue weighted by Gasteiger charge is -2.27. The number of hydrogen-bond acceptors (Lipinski definition) is 4. The summed E-state index contributed by atoms with van der Waals surface area (Å²) in [5.74, 6) is 1.00. The minimum Gasteiger partial charge on any atom is -0.381 e. The first kappa shape index (κ1) is 18.5. The van der Waals surface area contributed by atoms with E-state index in [1.165, 1.54) is 12.8 Å². The Morgan fingerprint density at radius 2 is 2.26 bits per heavy atom. The highest BCUT2D eigenvalue weighted by Crippen LogP contribution is 2.38. The van der Waals surface area contributed by atoms with Crippen LogP contribution >= 0.6 is 0 Å². The third-order valence-corrected chi connectivity index (χ3v) is 4.92. The first-order chi connectivity index (χ1) is 11.1. The Kier molecular flexibility index (Phi) is 7.11. The van der Waals surface area contributed by atoms with E-state index in [0.29, 0.717) is 5.41 Å². The maximum Gasteiger partial charge on any atom is 0.193 e. The van der Waals surface area contributed by atoms with E-state index in [1.54, 1.807) is 0 Å². The second kappa shape index (κ2) is 8.85. The van der Waals surface area contributed by atoms with Gasteiger partial charge in [0.15, 0.2) is 5.96 Å². The number of nitrogens with one attached hydrogen (secondary N) is 1. The summed E-state index contributed by atoms with van der Waals surface area (Å²) < 4.78 is 11.5. The molecule has 0 amide bonds. The van der Waals surface area contributed by atoms with E-state index < -0.39 is 0 Å². The molecule has 2 saturated heterocycles. The van der Waals surface area contributed by atoms with Crippen LogP contribution in [0.2, 0.25) is 0 Å². The molecule has 23 heavy (non-hydrogen) atoms. The molecule has 0 aliphatic carbocycles. The zero-order valence-corrected chi connectivity index (χ0v) is 15.3. The van der Waals surface area contributed by atoms with E-state index in [9.17, 15) is 0 Å². The van der Waals surface area contributed by atoms with E-state index in [0.717, 1.165) is 58.4 Å². The fraction of sp³-hybridized carbons (Fsp3) is 0.941. The van der Waals surface area contributed by atoms with Crippen molar-refractivity contribution in [3.63, 3.8) is 0 Å². The van der Waals surface area contributed by atoms with Gasteiger partial charge >= 0.3 is 0 Å². The van der Waals surface area contributed by atoms with Gasteiger partial charge in [-0.25, -0.2) is 0 Å². The maximum absolute atomic E-state index is 5.86. The van der Waals surface area contributed by atoms with Crippen molar-refractivity contribution in [1.29, 1.82) is 0 Å². The van der Waals surface area contributed by atoms with Crippen LogP contribution in [-0.2, 0) is 9.47 Å². The first-order valence-electron chi connectivity index (χ1n) is 8.88. The van der Waals surface area contributed by atoms with E-state index in [-0.39, 0.29) is 6.10 Å². The third-order valence-electron chi connectivity index (χ3n) is 4.92. The van der Waals surface area contributed by atoms with Crippen LogP contribution in [0.5, 0.6) is 0 Å². The van der Waals surface area contributed by atoms with Crippen molar-refractivity contribution in [3.05, 3.63) is 0 Å². The van der Waals surface area contributed by atoms with Crippen LogP contribution in [0.1, 0.15) is 26.2 Å². The molecular weight excluding hydrogens is 292 g/mol. The molecule has 0 bridgehead atoms. The van der Waals surface area contributed by atoms with Crippen LogP contribution in [-0.4, -0.2) is 89.0 Å². The first-order valence-corrected chi connectivity index (χ1v) is 8.88. The Labute approximate surface area is 141 Å². The van der Waals surface area contributed by atoms with Crippen LogP contribution in [0, 0.1) is 5.41 Å². The van der Waals surface area contributed by atoms with Crippen LogP contribution in [0.25, 0.3) is 0 Å². The van der Waals surface area contributed by atoms with Crippen LogP contribution in [0.15, 0.2) is 4.99 Å². The Morgan fingerprint density at radius 1 is 1.43 bits per heavy atom. The molecule has 0 saturated carbocycles. The molecule has 2 heterocycles. The average molecular weight is 326 g/mol. The van der Waals surface area contributed by atoms with Crippen molar-refractivity contribution in [1.82, 2.24) is 15.1 Å². The number of rotatable bonds is 7. The van der Waals surface area contributed by atoms with Gasteiger partial charge in [-0.15, -0.1) is 0 Å². The lowest BCUT2D eigenvalue weighted by atomic mass is 9.87. The van der Waals surface area contributed by atoms with Crippen molar-refractivity contribution >= 4 is 5.96 Å². The molecule has 0 aromatic carbocycles. The second-order valence-electron chi connectivity index (χ2n) is 7.07. The molecule has 134 valence electrons. The zero-order chi connectivity index (χ0) is 16.7. The highest BCUT2D eigenvalue weighted by Gasteiger charge is 2.42. The van der Waals surface area contributed by atoms with Crippen LogP contribution in [0.3, 0.4) is 0 Å². The molecule has 0 radical (unpaired) electrons. The fourth-order valence-electron chi connectivity index (χ4n) is 3.51. The maximum atomic E-state index is 5.86. The van der Waals surface area contributed by atoms with E-state index in [2.05, 4.69) is 41.1 Å². The van der Waals surface area contributed by atoms with Crippen molar-refractivity contribution in [2.24, 2.45) is 10.4 Å². The molecule has 1 N–H and O–H groups in total. The van der Waals surface area contributed by atoms with Crippen molar-refractivity contribution in [2.75, 3.05) is 67.1 Å². The highest BCUT2D eigenvalue weighted by molar-refractivity contribution is 5.80. The van der Waals surface area contributed by atoms with E-state index in [1.807, 2.05) is 7.05 Å². The Bertz CT molecular complexity index is 381. The Hall–Kier alpha value is -0.850. The number of nitrogens with zero attached hydrogens (tertiary/aromatic N) is 3. The quantitative estimate of drug-likeness (QED) is 0.559. The lowest BCUT2D eigenvalue weighted by molar-refractivity contribution is 0.0544. The van der Waals surface area contributed by atoms with Gasteiger partial charge in [0.05, 0.1) is 12.7 Å². The third kappa shape index (κ3) is 5.33. The molecule has 0 aromatic rings. The van der Waals surface area contributed by atoms with Gasteiger partial charge in [0.25, 0.3) is 0 Å². The monoisotopic (exact) mass is 326 g/mol. The molecule has 2 aliphatic rings. The second-order valence-corrected chi connectivity index (χ2v) is 7.07. The topological polar surface area (TPSA) is 49.3 Å². The van der Waals surface area contributed by atoms with Gasteiger partial charge in [-0.05, 0) is 40.3 Å². The van der Waals surface area contributed by atoms with Crippen LogP contribution in [0.4, 0.5) is 0 Å². The van der Waals surface area contributed by atoms with Gasteiger partial charge in [0.1, 0.15) is 0 Å². The van der Waals surface area contributed by atoms with E-state index in [4.69, 9.17) is 9.47 Å². The van der Waals surface area contributed by atoms with Crippen molar-refractivity contribution < 1.29 is 9.47 Å². The summed E-state index contributed by atoms with van der Waals surface area (Å²) in [4.78, 5) is 9.05. The van der Waals surface area contributed by atoms with Gasteiger partial charge < -0.3 is 24.6 Å². The Balaban J connectivity index is 1.81. The molecule has 2 fully saturated rings. The molecular formula is C17H34N4O2. The number of aliphatic imine (C=N–C) groups is 1. The largest absolute Gasteiger partial charge is 0.381 e. The van der Waals surface area contributed by atoms with Gasteiger partial charge in [0.2, 0.25) is 0 Å². The summed E-state index contributed by atoms with van der Waals surface area (Å²) in [6.45, 7) is 8.61. The summed E-state index contributed by atoms with van der Waals surface area (Å²) >= 11 is 0. The van der Waals surface area contributed by atoms with Crippen molar-refractivity contribution in [3.8, 4) is 0 Å². The van der Waals surface area contributed by atoms with Gasteiger partial charge in [-0.3, -0.25) is 4.99 Å². The molecule has 2 rings (SSSR count). The Morgan fingerprint density at radius 3 is 2.87 bits per heavy atom. The molecule has 0 aromatic heterocycles. The SMILES string of the molecule is CCOC(CCN(C)C)CNC(=NC)N1CCC2(CCOC2)C1. The highest BCUT2D eigenvalue weighted by atomic mass is 16.5. The van der Waals surface area contributed by atoms with Gasteiger partial charge in [-0.2, -0.15) is 0 Å². The molecule has 2 atom stereocenters. The minimum atomic E-state index is 0.227. The lowest BCUT2D eigenvalue weighted by Crippen LogP contribution is -2.45. The standard InChI is InChI=1S/C17H34N4O2/c1-5-23-15(6-9-20(3)4)12-19-16(18-2)21-10-7-17(13-21)8-11-22-14-17/h15H,5-14H2,1-4H3,(H,18,19). The van der Waals surface area contributed by atoms with Gasteiger partial charge in [-0.1, -0.05) is 0 Å². The normalized spacial score (nSPS) is 26.5. The van der Waals surface area contributed by atoms with Gasteiger partial charge in [0, 0.05) is 51.9 Å². The number of likely N-dealkylation sites (tertiary alicyclic amines) is 1. The molecule has 6 heteroatoms. The fourth-order valence-corrected chi connectivity index (χ4v) is 3.51. The summed E-state index contributed by atoms with van der Waals surface area (Å²) in [6, 6.07) is 0. The molecule has 1 spiro atoms. The smallest absolute Gasteiger partial charge is 0.193 e. The predicted molar refractivity (Wildman–Crippen MR) is 94.0 cm³/mol. The summed E-state index contributed by atoms with van der Waals surface area (Å²) in [6.07, 6.45) is 3.65. The molecule has 2 unspecified atom stereocenters. The number of guanidine groups is 1.